The number of fused-ring (bicyclic) bond motifs is 2. The molecule has 2 bridgehead atoms. The van der Waals surface area contributed by atoms with Gasteiger partial charge in [0.05, 0.1) is 4.92 Å². The SMILES string of the molecule is NNc1ccc([N+](=O)[O-])c(NC2CC3CCC2C3)n1. The van der Waals surface area contributed by atoms with Crippen molar-refractivity contribution in [1.82, 2.24) is 4.98 Å². The maximum Gasteiger partial charge on any atom is 0.311 e. The van der Waals surface area contributed by atoms with E-state index in [0.717, 1.165) is 12.3 Å². The van der Waals surface area contributed by atoms with Crippen LogP contribution in [0.3, 0.4) is 0 Å². The van der Waals surface area contributed by atoms with E-state index in [1.54, 1.807) is 0 Å². The Morgan fingerprint density at radius 1 is 1.37 bits per heavy atom. The lowest BCUT2D eigenvalue weighted by Crippen LogP contribution is -2.27. The number of nitrogen functional groups attached to an aromatic ring is 1. The van der Waals surface area contributed by atoms with Crippen molar-refractivity contribution in [2.24, 2.45) is 17.7 Å². The summed E-state index contributed by atoms with van der Waals surface area (Å²) in [5.74, 6) is 7.45. The van der Waals surface area contributed by atoms with Crippen LogP contribution in [0.2, 0.25) is 0 Å². The van der Waals surface area contributed by atoms with E-state index in [0.29, 0.717) is 23.6 Å². The van der Waals surface area contributed by atoms with Gasteiger partial charge in [0.1, 0.15) is 5.82 Å². The van der Waals surface area contributed by atoms with Crippen LogP contribution in [0.15, 0.2) is 12.1 Å². The Morgan fingerprint density at radius 2 is 2.21 bits per heavy atom. The average molecular weight is 263 g/mol. The Kier molecular flexibility index (Phi) is 2.98. The van der Waals surface area contributed by atoms with Gasteiger partial charge in [-0.1, -0.05) is 6.42 Å². The molecule has 19 heavy (non-hydrogen) atoms. The minimum absolute atomic E-state index is 0.00164. The van der Waals surface area contributed by atoms with Crippen molar-refractivity contribution >= 4 is 17.3 Å². The first-order valence-corrected chi connectivity index (χ1v) is 6.56. The van der Waals surface area contributed by atoms with Crippen LogP contribution in [0.5, 0.6) is 0 Å². The molecule has 2 aliphatic rings. The number of nitrogens with one attached hydrogen (secondary N) is 2. The summed E-state index contributed by atoms with van der Waals surface area (Å²) >= 11 is 0. The van der Waals surface area contributed by atoms with Crippen molar-refractivity contribution in [3.63, 3.8) is 0 Å². The van der Waals surface area contributed by atoms with Gasteiger partial charge in [-0.2, -0.15) is 0 Å². The summed E-state index contributed by atoms with van der Waals surface area (Å²) in [6.07, 6.45) is 4.83. The molecule has 3 atom stereocenters. The lowest BCUT2D eigenvalue weighted by molar-refractivity contribution is -0.384. The van der Waals surface area contributed by atoms with Gasteiger partial charge in [0.2, 0.25) is 5.82 Å². The number of nitro groups is 1. The molecule has 1 aromatic rings. The van der Waals surface area contributed by atoms with E-state index in [2.05, 4.69) is 15.7 Å². The summed E-state index contributed by atoms with van der Waals surface area (Å²) in [7, 11) is 0. The molecular formula is C12H17N5O2. The second kappa shape index (κ2) is 4.65. The quantitative estimate of drug-likeness (QED) is 0.435. The predicted octanol–water partition coefficient (Wildman–Crippen LogP) is 1.88. The fourth-order valence-electron chi connectivity index (χ4n) is 3.38. The first kappa shape index (κ1) is 12.2. The van der Waals surface area contributed by atoms with Crippen LogP contribution in [-0.2, 0) is 0 Å². The molecule has 0 saturated heterocycles. The highest BCUT2D eigenvalue weighted by Gasteiger charge is 2.40. The molecule has 2 fully saturated rings. The van der Waals surface area contributed by atoms with E-state index in [-0.39, 0.29) is 5.69 Å². The maximum atomic E-state index is 11.0. The number of nitrogens with zero attached hydrogens (tertiary/aromatic N) is 2. The first-order valence-electron chi connectivity index (χ1n) is 6.56. The third-order valence-electron chi connectivity index (χ3n) is 4.28. The number of rotatable bonds is 4. The number of pyridine rings is 1. The molecule has 0 spiro atoms. The van der Waals surface area contributed by atoms with Crippen molar-refractivity contribution in [3.8, 4) is 0 Å². The smallest absolute Gasteiger partial charge is 0.311 e. The highest BCUT2D eigenvalue weighted by molar-refractivity contribution is 5.60. The lowest BCUT2D eigenvalue weighted by Gasteiger charge is -2.23. The summed E-state index contributed by atoms with van der Waals surface area (Å²) < 4.78 is 0. The largest absolute Gasteiger partial charge is 0.361 e. The Labute approximate surface area is 110 Å². The molecule has 1 aromatic heterocycles. The molecule has 0 aliphatic heterocycles. The van der Waals surface area contributed by atoms with Crippen molar-refractivity contribution in [3.05, 3.63) is 22.2 Å². The molecule has 3 unspecified atom stereocenters. The number of nitrogens with two attached hydrogens (primary N) is 1. The third kappa shape index (κ3) is 2.21. The van der Waals surface area contributed by atoms with Crippen LogP contribution in [0, 0.1) is 22.0 Å². The molecule has 0 amide bonds. The zero-order chi connectivity index (χ0) is 13.4. The number of hydrazine groups is 1. The van der Waals surface area contributed by atoms with Crippen LogP contribution in [0.4, 0.5) is 17.3 Å². The van der Waals surface area contributed by atoms with Crippen molar-refractivity contribution in [1.29, 1.82) is 0 Å². The van der Waals surface area contributed by atoms with E-state index in [1.807, 2.05) is 0 Å². The van der Waals surface area contributed by atoms with Crippen LogP contribution in [0.25, 0.3) is 0 Å². The maximum absolute atomic E-state index is 11.0. The molecule has 7 nitrogen and oxygen atoms in total. The average Bonchev–Trinajstić information content (AvgIpc) is 3.00. The second-order valence-corrected chi connectivity index (χ2v) is 5.39. The normalized spacial score (nSPS) is 28.4. The summed E-state index contributed by atoms with van der Waals surface area (Å²) in [6, 6.07) is 3.24. The van der Waals surface area contributed by atoms with Gasteiger partial charge in [0.15, 0.2) is 0 Å². The molecule has 4 N–H and O–H groups in total. The van der Waals surface area contributed by atoms with Gasteiger partial charge in [0.25, 0.3) is 0 Å². The molecule has 0 aromatic carbocycles. The molecule has 0 radical (unpaired) electrons. The Bertz CT molecular complexity index is 507. The number of aromatic nitrogens is 1. The van der Waals surface area contributed by atoms with E-state index in [1.165, 1.54) is 31.4 Å². The van der Waals surface area contributed by atoms with Crippen molar-refractivity contribution in [2.75, 3.05) is 10.7 Å². The summed E-state index contributed by atoms with van der Waals surface area (Å²) in [6.45, 7) is 0. The Balaban J connectivity index is 1.84. The summed E-state index contributed by atoms with van der Waals surface area (Å²) in [5.41, 5.74) is 2.42. The number of hydrogen-bond acceptors (Lipinski definition) is 6. The van der Waals surface area contributed by atoms with E-state index in [9.17, 15) is 10.1 Å². The Hall–Kier alpha value is -1.89. The summed E-state index contributed by atoms with van der Waals surface area (Å²) in [4.78, 5) is 14.8. The minimum atomic E-state index is -0.414. The van der Waals surface area contributed by atoms with Crippen LogP contribution in [0.1, 0.15) is 25.7 Å². The number of anilines is 2. The van der Waals surface area contributed by atoms with Gasteiger partial charge in [-0.05, 0) is 37.2 Å². The van der Waals surface area contributed by atoms with Crippen molar-refractivity contribution < 1.29 is 4.92 Å². The van der Waals surface area contributed by atoms with Gasteiger partial charge in [-0.3, -0.25) is 10.1 Å². The highest BCUT2D eigenvalue weighted by Crippen LogP contribution is 2.46. The predicted molar refractivity (Wildman–Crippen MR) is 71.6 cm³/mol. The van der Waals surface area contributed by atoms with E-state index < -0.39 is 4.92 Å². The highest BCUT2D eigenvalue weighted by atomic mass is 16.6. The molecule has 2 saturated carbocycles. The van der Waals surface area contributed by atoms with Gasteiger partial charge in [0, 0.05) is 12.1 Å². The molecule has 102 valence electrons. The number of hydrogen-bond donors (Lipinski definition) is 3. The fourth-order valence-corrected chi connectivity index (χ4v) is 3.38. The fraction of sp³-hybridized carbons (Fsp3) is 0.583. The van der Waals surface area contributed by atoms with Gasteiger partial charge in [-0.15, -0.1) is 0 Å². The van der Waals surface area contributed by atoms with E-state index >= 15 is 0 Å². The first-order chi connectivity index (χ1) is 9.17. The summed E-state index contributed by atoms with van der Waals surface area (Å²) in [5, 5.41) is 14.3. The van der Waals surface area contributed by atoms with Gasteiger partial charge in [-0.25, -0.2) is 10.8 Å². The topological polar surface area (TPSA) is 106 Å². The van der Waals surface area contributed by atoms with Crippen molar-refractivity contribution in [2.45, 2.75) is 31.7 Å². The molecular weight excluding hydrogens is 246 g/mol. The zero-order valence-corrected chi connectivity index (χ0v) is 10.5. The van der Waals surface area contributed by atoms with Crippen LogP contribution < -0.4 is 16.6 Å². The van der Waals surface area contributed by atoms with Gasteiger partial charge < -0.3 is 10.7 Å². The monoisotopic (exact) mass is 263 g/mol. The molecule has 3 rings (SSSR count). The lowest BCUT2D eigenvalue weighted by atomic mass is 9.95. The third-order valence-corrected chi connectivity index (χ3v) is 4.28. The Morgan fingerprint density at radius 3 is 2.79 bits per heavy atom. The molecule has 1 heterocycles. The van der Waals surface area contributed by atoms with E-state index in [4.69, 9.17) is 5.84 Å². The van der Waals surface area contributed by atoms with Crippen LogP contribution >= 0.6 is 0 Å². The minimum Gasteiger partial charge on any atom is -0.361 e. The van der Waals surface area contributed by atoms with Gasteiger partial charge >= 0.3 is 5.69 Å². The second-order valence-electron chi connectivity index (χ2n) is 5.39. The molecule has 7 heteroatoms. The zero-order valence-electron chi connectivity index (χ0n) is 10.5. The molecule has 2 aliphatic carbocycles. The van der Waals surface area contributed by atoms with Crippen LogP contribution in [-0.4, -0.2) is 15.9 Å². The standard InChI is InChI=1S/C12H17N5O2/c13-16-11-4-3-10(17(18)19)12(15-11)14-9-6-7-1-2-8(9)5-7/h3-4,7-9H,1-2,5-6,13H2,(H2,14,15,16).